The van der Waals surface area contributed by atoms with E-state index in [-0.39, 0.29) is 10.6 Å². The van der Waals surface area contributed by atoms with Gasteiger partial charge < -0.3 is 5.32 Å². The first kappa shape index (κ1) is 11.4. The second-order valence-electron chi connectivity index (χ2n) is 3.87. The smallest absolute Gasteiger partial charge is 0.269 e. The highest BCUT2D eigenvalue weighted by Crippen LogP contribution is 2.18. The normalized spacial score (nSPS) is 19.9. The number of nitrogens with zero attached hydrogens (tertiary/aromatic N) is 1. The summed E-state index contributed by atoms with van der Waals surface area (Å²) >= 11 is 1.95. The number of thioether (sulfide) groups is 1. The van der Waals surface area contributed by atoms with Crippen LogP contribution in [0.15, 0.2) is 24.3 Å². The van der Waals surface area contributed by atoms with E-state index in [1.165, 1.54) is 18.2 Å². The standard InChI is InChI=1S/C11H14N2O2S/c14-13(15)11-3-1-2-9(6-11)7-12-10-4-5-16-8-10/h1-3,6,10,12H,4-5,7-8H2. The van der Waals surface area contributed by atoms with Crippen LogP contribution in [0.5, 0.6) is 0 Å². The fourth-order valence-corrected chi connectivity index (χ4v) is 2.92. The van der Waals surface area contributed by atoms with E-state index in [2.05, 4.69) is 5.32 Å². The van der Waals surface area contributed by atoms with Crippen LogP contribution in [0, 0.1) is 10.1 Å². The third-order valence-corrected chi connectivity index (χ3v) is 3.81. The van der Waals surface area contributed by atoms with E-state index in [9.17, 15) is 10.1 Å². The van der Waals surface area contributed by atoms with Gasteiger partial charge in [0.2, 0.25) is 0 Å². The minimum atomic E-state index is -0.352. The van der Waals surface area contributed by atoms with Crippen LogP contribution in [0.1, 0.15) is 12.0 Å². The molecule has 0 spiro atoms. The van der Waals surface area contributed by atoms with Crippen molar-refractivity contribution in [3.63, 3.8) is 0 Å². The SMILES string of the molecule is O=[N+]([O-])c1cccc(CNC2CCSC2)c1. The minimum absolute atomic E-state index is 0.167. The molecule has 4 nitrogen and oxygen atoms in total. The molecule has 5 heteroatoms. The Morgan fingerprint density at radius 2 is 2.44 bits per heavy atom. The number of hydrogen-bond donors (Lipinski definition) is 1. The summed E-state index contributed by atoms with van der Waals surface area (Å²) in [7, 11) is 0. The molecule has 86 valence electrons. The summed E-state index contributed by atoms with van der Waals surface area (Å²) in [6, 6.07) is 7.37. The Morgan fingerprint density at radius 3 is 3.12 bits per heavy atom. The Kier molecular flexibility index (Phi) is 3.79. The molecule has 1 N–H and O–H groups in total. The maximum absolute atomic E-state index is 10.6. The van der Waals surface area contributed by atoms with E-state index >= 15 is 0 Å². The van der Waals surface area contributed by atoms with Gasteiger partial charge in [-0.3, -0.25) is 10.1 Å². The lowest BCUT2D eigenvalue weighted by Gasteiger charge is -2.10. The zero-order valence-corrected chi connectivity index (χ0v) is 9.70. The maximum atomic E-state index is 10.6. The highest BCUT2D eigenvalue weighted by atomic mass is 32.2. The number of non-ortho nitro benzene ring substituents is 1. The van der Waals surface area contributed by atoms with Crippen LogP contribution in [0.3, 0.4) is 0 Å². The molecule has 0 radical (unpaired) electrons. The van der Waals surface area contributed by atoms with Gasteiger partial charge in [-0.1, -0.05) is 12.1 Å². The van der Waals surface area contributed by atoms with Gasteiger partial charge in [0, 0.05) is 30.5 Å². The lowest BCUT2D eigenvalue weighted by molar-refractivity contribution is -0.384. The summed E-state index contributed by atoms with van der Waals surface area (Å²) in [5.41, 5.74) is 1.14. The van der Waals surface area contributed by atoms with Crippen molar-refractivity contribution < 1.29 is 4.92 Å². The molecule has 1 saturated heterocycles. The molecule has 1 aliphatic rings. The molecule has 1 unspecified atom stereocenters. The van der Waals surface area contributed by atoms with E-state index in [1.54, 1.807) is 12.1 Å². The summed E-state index contributed by atoms with van der Waals surface area (Å²) in [6.07, 6.45) is 1.19. The number of hydrogen-bond acceptors (Lipinski definition) is 4. The lowest BCUT2D eigenvalue weighted by Crippen LogP contribution is -2.27. The summed E-state index contributed by atoms with van der Waals surface area (Å²) in [4.78, 5) is 10.2. The zero-order valence-electron chi connectivity index (χ0n) is 8.89. The van der Waals surface area contributed by atoms with Crippen LogP contribution in [-0.4, -0.2) is 22.5 Å². The summed E-state index contributed by atoms with van der Waals surface area (Å²) in [5.74, 6) is 2.36. The molecular weight excluding hydrogens is 224 g/mol. The van der Waals surface area contributed by atoms with Crippen molar-refractivity contribution in [1.82, 2.24) is 5.32 Å². The van der Waals surface area contributed by atoms with Crippen molar-refractivity contribution in [2.45, 2.75) is 19.0 Å². The molecule has 1 fully saturated rings. The summed E-state index contributed by atoms with van der Waals surface area (Å²) in [6.45, 7) is 0.715. The molecule has 1 aliphatic heterocycles. The monoisotopic (exact) mass is 238 g/mol. The number of benzene rings is 1. The first-order valence-corrected chi connectivity index (χ1v) is 6.45. The van der Waals surface area contributed by atoms with E-state index in [1.807, 2.05) is 17.8 Å². The van der Waals surface area contributed by atoms with Gasteiger partial charge in [-0.2, -0.15) is 11.8 Å². The Bertz CT molecular complexity index is 378. The van der Waals surface area contributed by atoms with E-state index in [0.29, 0.717) is 12.6 Å². The molecule has 0 saturated carbocycles. The second-order valence-corrected chi connectivity index (χ2v) is 5.02. The third kappa shape index (κ3) is 2.96. The van der Waals surface area contributed by atoms with Crippen LogP contribution >= 0.6 is 11.8 Å². The van der Waals surface area contributed by atoms with Gasteiger partial charge in [0.25, 0.3) is 5.69 Å². The van der Waals surface area contributed by atoms with Crippen LogP contribution in [0.25, 0.3) is 0 Å². The van der Waals surface area contributed by atoms with Gasteiger partial charge in [0.1, 0.15) is 0 Å². The number of nitro groups is 1. The molecule has 0 bridgehead atoms. The largest absolute Gasteiger partial charge is 0.309 e. The average Bonchev–Trinajstić information content (AvgIpc) is 2.79. The Morgan fingerprint density at radius 1 is 1.56 bits per heavy atom. The van der Waals surface area contributed by atoms with Gasteiger partial charge in [0.15, 0.2) is 0 Å². The molecule has 1 atom stereocenters. The molecule has 0 amide bonds. The topological polar surface area (TPSA) is 55.2 Å². The van der Waals surface area contributed by atoms with E-state index in [4.69, 9.17) is 0 Å². The highest BCUT2D eigenvalue weighted by molar-refractivity contribution is 7.99. The average molecular weight is 238 g/mol. The van der Waals surface area contributed by atoms with Gasteiger partial charge in [0.05, 0.1) is 4.92 Å². The third-order valence-electron chi connectivity index (χ3n) is 2.65. The second kappa shape index (κ2) is 5.32. The molecule has 1 heterocycles. The maximum Gasteiger partial charge on any atom is 0.269 e. The Labute approximate surface area is 98.6 Å². The molecule has 1 aromatic rings. The predicted octanol–water partition coefficient (Wildman–Crippen LogP) is 2.19. The number of nitro benzene ring substituents is 1. The zero-order chi connectivity index (χ0) is 11.4. The van der Waals surface area contributed by atoms with Crippen LogP contribution in [0.4, 0.5) is 5.69 Å². The Hall–Kier alpha value is -1.07. The number of rotatable bonds is 4. The molecular formula is C11H14N2O2S. The van der Waals surface area contributed by atoms with Crippen LogP contribution in [0.2, 0.25) is 0 Å². The van der Waals surface area contributed by atoms with Crippen molar-refractivity contribution in [2.24, 2.45) is 0 Å². The van der Waals surface area contributed by atoms with Gasteiger partial charge >= 0.3 is 0 Å². The van der Waals surface area contributed by atoms with Crippen LogP contribution < -0.4 is 5.32 Å². The quantitative estimate of drug-likeness (QED) is 0.645. The van der Waals surface area contributed by atoms with Gasteiger partial charge in [-0.25, -0.2) is 0 Å². The van der Waals surface area contributed by atoms with Crippen LogP contribution in [-0.2, 0) is 6.54 Å². The molecule has 2 rings (SSSR count). The Balaban J connectivity index is 1.93. The molecule has 1 aromatic carbocycles. The van der Waals surface area contributed by atoms with Gasteiger partial charge in [-0.05, 0) is 17.7 Å². The van der Waals surface area contributed by atoms with E-state index in [0.717, 1.165) is 11.3 Å². The summed E-state index contributed by atoms with van der Waals surface area (Å²) < 4.78 is 0. The van der Waals surface area contributed by atoms with Crippen molar-refractivity contribution in [3.05, 3.63) is 39.9 Å². The van der Waals surface area contributed by atoms with Crippen molar-refractivity contribution in [1.29, 1.82) is 0 Å². The van der Waals surface area contributed by atoms with Crippen molar-refractivity contribution in [2.75, 3.05) is 11.5 Å². The minimum Gasteiger partial charge on any atom is -0.309 e. The van der Waals surface area contributed by atoms with Crippen molar-refractivity contribution >= 4 is 17.4 Å². The van der Waals surface area contributed by atoms with Crippen molar-refractivity contribution in [3.8, 4) is 0 Å². The highest BCUT2D eigenvalue weighted by Gasteiger charge is 2.14. The first-order chi connectivity index (χ1) is 7.75. The number of nitrogens with one attached hydrogen (secondary N) is 1. The molecule has 0 aliphatic carbocycles. The first-order valence-electron chi connectivity index (χ1n) is 5.30. The molecule has 0 aromatic heterocycles. The molecule has 16 heavy (non-hydrogen) atoms. The fraction of sp³-hybridized carbons (Fsp3) is 0.455. The van der Waals surface area contributed by atoms with Gasteiger partial charge in [-0.15, -0.1) is 0 Å². The fourth-order valence-electron chi connectivity index (χ4n) is 1.74. The predicted molar refractivity (Wildman–Crippen MR) is 65.7 cm³/mol. The van der Waals surface area contributed by atoms with E-state index < -0.39 is 0 Å². The lowest BCUT2D eigenvalue weighted by atomic mass is 10.2. The summed E-state index contributed by atoms with van der Waals surface area (Å²) in [5, 5.41) is 14.0.